The van der Waals surface area contributed by atoms with E-state index in [1.807, 2.05) is 0 Å². The first kappa shape index (κ1) is 48.4. The average Bonchev–Trinajstić information content (AvgIpc) is 3.12. The van der Waals surface area contributed by atoms with E-state index >= 15 is 0 Å². The number of allylic oxidation sites excluding steroid dienone is 8. The van der Waals surface area contributed by atoms with E-state index < -0.39 is 6.10 Å². The SMILES string of the molecule is CC/C=C\C/C=C\CCCCC(=O)OCC(COC(=O)CCCCC/C=C\CCCCCCCCC)OC(=O)CCCCCC/C=C\CCCC. The normalized spacial score (nSPS) is 12.5. The van der Waals surface area contributed by atoms with Crippen LogP contribution in [0.4, 0.5) is 0 Å². The summed E-state index contributed by atoms with van der Waals surface area (Å²) in [6.45, 7) is 6.38. The van der Waals surface area contributed by atoms with Gasteiger partial charge in [-0.2, -0.15) is 0 Å². The van der Waals surface area contributed by atoms with Crippen molar-refractivity contribution in [1.29, 1.82) is 0 Å². The molecule has 0 aliphatic carbocycles. The van der Waals surface area contributed by atoms with Gasteiger partial charge < -0.3 is 14.2 Å². The Hall–Kier alpha value is -2.63. The van der Waals surface area contributed by atoms with Gasteiger partial charge in [0.25, 0.3) is 0 Å². The Morgan fingerprint density at radius 2 is 0.784 bits per heavy atom. The third-order valence-corrected chi connectivity index (χ3v) is 8.79. The molecule has 0 bridgehead atoms. The molecule has 0 aromatic rings. The summed E-state index contributed by atoms with van der Waals surface area (Å²) in [5.74, 6) is -0.969. The molecule has 0 aliphatic rings. The number of unbranched alkanes of at least 4 members (excludes halogenated alkanes) is 18. The Balaban J connectivity index is 4.41. The van der Waals surface area contributed by atoms with Crippen LogP contribution in [0.25, 0.3) is 0 Å². The molecule has 1 atom stereocenters. The summed E-state index contributed by atoms with van der Waals surface area (Å²) >= 11 is 0. The molecule has 0 heterocycles. The lowest BCUT2D eigenvalue weighted by Crippen LogP contribution is -2.30. The quantitative estimate of drug-likeness (QED) is 0.0276. The summed E-state index contributed by atoms with van der Waals surface area (Å²) in [5, 5.41) is 0. The first-order chi connectivity index (χ1) is 25.0. The van der Waals surface area contributed by atoms with Gasteiger partial charge in [-0.15, -0.1) is 0 Å². The molecule has 0 saturated heterocycles. The smallest absolute Gasteiger partial charge is 0.306 e. The highest BCUT2D eigenvalue weighted by Gasteiger charge is 2.19. The molecule has 0 radical (unpaired) electrons. The molecule has 1 unspecified atom stereocenters. The van der Waals surface area contributed by atoms with Crippen molar-refractivity contribution in [3.8, 4) is 0 Å². The van der Waals surface area contributed by atoms with E-state index in [1.165, 1.54) is 57.8 Å². The number of hydrogen-bond donors (Lipinski definition) is 0. The molecule has 294 valence electrons. The van der Waals surface area contributed by atoms with Crippen molar-refractivity contribution in [2.75, 3.05) is 13.2 Å². The lowest BCUT2D eigenvalue weighted by Gasteiger charge is -2.18. The fraction of sp³-hybridized carbons (Fsp3) is 0.756. The van der Waals surface area contributed by atoms with E-state index in [0.29, 0.717) is 19.3 Å². The maximum Gasteiger partial charge on any atom is 0.306 e. The van der Waals surface area contributed by atoms with E-state index in [0.717, 1.165) is 103 Å². The Bertz CT molecular complexity index is 918. The van der Waals surface area contributed by atoms with Gasteiger partial charge in [-0.05, 0) is 89.9 Å². The molecule has 0 saturated carbocycles. The molecular weight excluding hydrogens is 636 g/mol. The minimum Gasteiger partial charge on any atom is -0.462 e. The van der Waals surface area contributed by atoms with Crippen LogP contribution in [0.3, 0.4) is 0 Å². The van der Waals surface area contributed by atoms with Gasteiger partial charge in [-0.3, -0.25) is 14.4 Å². The van der Waals surface area contributed by atoms with Crippen LogP contribution in [-0.4, -0.2) is 37.2 Å². The Kier molecular flexibility index (Phi) is 38.1. The predicted octanol–water partition coefficient (Wildman–Crippen LogP) is 13.2. The summed E-state index contributed by atoms with van der Waals surface area (Å²) in [6.07, 6.45) is 45.4. The zero-order valence-electron chi connectivity index (χ0n) is 33.4. The molecule has 0 N–H and O–H groups in total. The number of rotatable bonds is 37. The summed E-state index contributed by atoms with van der Waals surface area (Å²) in [4.78, 5) is 37.5. The fourth-order valence-corrected chi connectivity index (χ4v) is 5.57. The molecule has 0 aromatic carbocycles. The van der Waals surface area contributed by atoms with Crippen LogP contribution in [0, 0.1) is 0 Å². The number of carbonyl (C=O) groups excluding carboxylic acids is 3. The Morgan fingerprint density at radius 1 is 0.412 bits per heavy atom. The van der Waals surface area contributed by atoms with E-state index in [2.05, 4.69) is 69.4 Å². The largest absolute Gasteiger partial charge is 0.462 e. The summed E-state index contributed by atoms with van der Waals surface area (Å²) in [6, 6.07) is 0. The van der Waals surface area contributed by atoms with Gasteiger partial charge >= 0.3 is 17.9 Å². The second kappa shape index (κ2) is 40.1. The van der Waals surface area contributed by atoms with Gasteiger partial charge in [-0.25, -0.2) is 0 Å². The van der Waals surface area contributed by atoms with Crippen molar-refractivity contribution in [2.24, 2.45) is 0 Å². The van der Waals surface area contributed by atoms with Crippen LogP contribution in [0.5, 0.6) is 0 Å². The van der Waals surface area contributed by atoms with Gasteiger partial charge in [0.2, 0.25) is 0 Å². The van der Waals surface area contributed by atoms with E-state index in [4.69, 9.17) is 14.2 Å². The lowest BCUT2D eigenvalue weighted by atomic mass is 10.1. The molecular formula is C45H78O6. The Labute approximate surface area is 314 Å². The monoisotopic (exact) mass is 715 g/mol. The molecule has 51 heavy (non-hydrogen) atoms. The van der Waals surface area contributed by atoms with Gasteiger partial charge in [0.1, 0.15) is 13.2 Å². The minimum absolute atomic E-state index is 0.0964. The molecule has 6 nitrogen and oxygen atoms in total. The molecule has 0 rings (SSSR count). The Morgan fingerprint density at radius 3 is 1.31 bits per heavy atom. The van der Waals surface area contributed by atoms with Crippen molar-refractivity contribution in [2.45, 2.75) is 207 Å². The van der Waals surface area contributed by atoms with Gasteiger partial charge in [0, 0.05) is 19.3 Å². The van der Waals surface area contributed by atoms with Crippen molar-refractivity contribution in [3.05, 3.63) is 48.6 Å². The zero-order chi connectivity index (χ0) is 37.3. The van der Waals surface area contributed by atoms with Gasteiger partial charge in [0.05, 0.1) is 0 Å². The van der Waals surface area contributed by atoms with Gasteiger partial charge in [-0.1, -0.05) is 140 Å². The topological polar surface area (TPSA) is 78.9 Å². The molecule has 0 spiro atoms. The maximum absolute atomic E-state index is 12.6. The summed E-state index contributed by atoms with van der Waals surface area (Å²) in [5.41, 5.74) is 0. The first-order valence-electron chi connectivity index (χ1n) is 21.1. The molecule has 0 aliphatic heterocycles. The first-order valence-corrected chi connectivity index (χ1v) is 21.1. The van der Waals surface area contributed by atoms with Crippen LogP contribution in [0.2, 0.25) is 0 Å². The van der Waals surface area contributed by atoms with Crippen molar-refractivity contribution < 1.29 is 28.6 Å². The number of ether oxygens (including phenoxy) is 3. The highest BCUT2D eigenvalue weighted by atomic mass is 16.6. The average molecular weight is 715 g/mol. The molecule has 6 heteroatoms. The third-order valence-electron chi connectivity index (χ3n) is 8.79. The van der Waals surface area contributed by atoms with E-state index in [-0.39, 0.29) is 31.1 Å². The van der Waals surface area contributed by atoms with Crippen LogP contribution in [0.1, 0.15) is 201 Å². The second-order valence-corrected chi connectivity index (χ2v) is 13.9. The maximum atomic E-state index is 12.6. The standard InChI is InChI=1S/C45H78O6/c1-4-7-10-13-16-19-21-22-23-24-27-29-32-35-38-44(47)50-41-42(40-49-43(46)37-34-31-28-25-18-15-12-9-6-3)51-45(48)39-36-33-30-26-20-17-14-11-8-5-2/h9,12,14,17-18,23-25,42H,4-8,10-11,13,15-16,19-22,26-41H2,1-3H3/b12-9-,17-14-,24-23-,25-18-. The van der Waals surface area contributed by atoms with Crippen LogP contribution >= 0.6 is 0 Å². The number of hydrogen-bond acceptors (Lipinski definition) is 6. The predicted molar refractivity (Wildman–Crippen MR) is 215 cm³/mol. The van der Waals surface area contributed by atoms with Crippen LogP contribution in [-0.2, 0) is 28.6 Å². The zero-order valence-corrected chi connectivity index (χ0v) is 33.4. The number of esters is 3. The van der Waals surface area contributed by atoms with Crippen molar-refractivity contribution in [1.82, 2.24) is 0 Å². The van der Waals surface area contributed by atoms with Crippen LogP contribution in [0.15, 0.2) is 48.6 Å². The van der Waals surface area contributed by atoms with E-state index in [1.54, 1.807) is 0 Å². The van der Waals surface area contributed by atoms with E-state index in [9.17, 15) is 14.4 Å². The highest BCUT2D eigenvalue weighted by molar-refractivity contribution is 5.71. The molecule has 0 amide bonds. The third kappa shape index (κ3) is 38.4. The number of carbonyl (C=O) groups is 3. The van der Waals surface area contributed by atoms with Crippen LogP contribution < -0.4 is 0 Å². The highest BCUT2D eigenvalue weighted by Crippen LogP contribution is 2.12. The summed E-state index contributed by atoms with van der Waals surface area (Å²) < 4.78 is 16.6. The second-order valence-electron chi connectivity index (χ2n) is 13.9. The van der Waals surface area contributed by atoms with Crippen molar-refractivity contribution >= 4 is 17.9 Å². The van der Waals surface area contributed by atoms with Gasteiger partial charge in [0.15, 0.2) is 6.10 Å². The fourth-order valence-electron chi connectivity index (χ4n) is 5.57. The lowest BCUT2D eigenvalue weighted by molar-refractivity contribution is -0.167. The molecule has 0 fully saturated rings. The summed E-state index contributed by atoms with van der Waals surface area (Å²) in [7, 11) is 0. The van der Waals surface area contributed by atoms with Crippen molar-refractivity contribution in [3.63, 3.8) is 0 Å². The minimum atomic E-state index is -0.792. The molecule has 0 aromatic heterocycles.